The van der Waals surface area contributed by atoms with Crippen molar-refractivity contribution in [3.05, 3.63) is 35.6 Å². The first-order chi connectivity index (χ1) is 13.6. The molecule has 0 bridgehead atoms. The molecule has 1 aromatic carbocycles. The Labute approximate surface area is 172 Å². The minimum absolute atomic E-state index is 0.177. The lowest BCUT2D eigenvalue weighted by Gasteiger charge is -2.27. The van der Waals surface area contributed by atoms with Gasteiger partial charge >= 0.3 is 6.03 Å². The predicted octanol–water partition coefficient (Wildman–Crippen LogP) is 2.38. The fourth-order valence-corrected chi connectivity index (χ4v) is 3.17. The molecule has 0 saturated carbocycles. The van der Waals surface area contributed by atoms with Gasteiger partial charge in [0.25, 0.3) is 5.91 Å². The van der Waals surface area contributed by atoms with Gasteiger partial charge < -0.3 is 16.0 Å². The number of guanidine groups is 1. The molecule has 160 valence electrons. The van der Waals surface area contributed by atoms with Crippen LogP contribution in [0.25, 0.3) is 0 Å². The number of nitrogens with zero attached hydrogens (tertiary/aromatic N) is 2. The molecule has 29 heavy (non-hydrogen) atoms. The predicted molar refractivity (Wildman–Crippen MR) is 112 cm³/mol. The molecule has 1 aliphatic heterocycles. The molecule has 1 saturated heterocycles. The quantitative estimate of drug-likeness (QED) is 0.268. The Bertz CT molecular complexity index is 780. The largest absolute Gasteiger partial charge is 0.356 e. The average Bonchev–Trinajstić information content (AvgIpc) is 2.90. The third kappa shape index (κ3) is 5.46. The Kier molecular flexibility index (Phi) is 7.21. The van der Waals surface area contributed by atoms with Gasteiger partial charge in [-0.15, -0.1) is 0 Å². The van der Waals surface area contributed by atoms with E-state index < -0.39 is 5.54 Å². The highest BCUT2D eigenvalue weighted by molar-refractivity contribution is 6.06. The van der Waals surface area contributed by atoms with Crippen LogP contribution in [0.2, 0.25) is 0 Å². The molecule has 8 heteroatoms. The second kappa shape index (κ2) is 9.24. The maximum absolute atomic E-state index is 13.5. The first-order valence-electron chi connectivity index (χ1n) is 9.97. The lowest BCUT2D eigenvalue weighted by Crippen LogP contribution is -2.44. The van der Waals surface area contributed by atoms with Crippen molar-refractivity contribution in [2.75, 3.05) is 26.7 Å². The molecule has 0 spiro atoms. The van der Waals surface area contributed by atoms with E-state index in [9.17, 15) is 14.0 Å². The number of hydrogen-bond acceptors (Lipinski definition) is 3. The van der Waals surface area contributed by atoms with Crippen molar-refractivity contribution in [1.82, 2.24) is 20.9 Å². The van der Waals surface area contributed by atoms with Crippen molar-refractivity contribution in [2.45, 2.75) is 51.5 Å². The zero-order chi connectivity index (χ0) is 21.7. The van der Waals surface area contributed by atoms with E-state index in [1.807, 2.05) is 26.8 Å². The van der Waals surface area contributed by atoms with Crippen molar-refractivity contribution in [3.63, 3.8) is 0 Å². The molecule has 1 fully saturated rings. The van der Waals surface area contributed by atoms with Crippen molar-refractivity contribution in [1.29, 1.82) is 0 Å². The van der Waals surface area contributed by atoms with Gasteiger partial charge in [0.1, 0.15) is 11.4 Å². The van der Waals surface area contributed by atoms with Crippen LogP contribution in [0.3, 0.4) is 0 Å². The molecule has 1 aromatic rings. The van der Waals surface area contributed by atoms with Crippen molar-refractivity contribution in [2.24, 2.45) is 4.99 Å². The number of nitrogens with one attached hydrogen (secondary N) is 3. The smallest absolute Gasteiger partial charge is 0.325 e. The Hall–Kier alpha value is -2.64. The summed E-state index contributed by atoms with van der Waals surface area (Å²) in [6, 6.07) is 6.25. The number of urea groups is 1. The molecule has 7 nitrogen and oxygen atoms in total. The minimum Gasteiger partial charge on any atom is -0.356 e. The minimum atomic E-state index is -0.801. The van der Waals surface area contributed by atoms with Crippen molar-refractivity contribution >= 4 is 17.9 Å². The Morgan fingerprint density at radius 3 is 2.62 bits per heavy atom. The molecule has 1 heterocycles. The highest BCUT2D eigenvalue weighted by Gasteiger charge is 2.45. The summed E-state index contributed by atoms with van der Waals surface area (Å²) in [5.74, 6) is 0.187. The highest BCUT2D eigenvalue weighted by Crippen LogP contribution is 2.23. The number of rotatable bonds is 8. The van der Waals surface area contributed by atoms with Crippen LogP contribution in [-0.4, -0.2) is 55.0 Å². The van der Waals surface area contributed by atoms with Gasteiger partial charge in [0.2, 0.25) is 0 Å². The maximum atomic E-state index is 13.5. The summed E-state index contributed by atoms with van der Waals surface area (Å²) in [5, 5.41) is 9.19. The Balaban J connectivity index is 1.80. The summed E-state index contributed by atoms with van der Waals surface area (Å²) in [7, 11) is 1.68. The number of carbonyl (C=O) groups is 2. The van der Waals surface area contributed by atoms with Crippen LogP contribution in [0.5, 0.6) is 0 Å². The highest BCUT2D eigenvalue weighted by atomic mass is 19.1. The molecular formula is C21H32FN5O2. The van der Waals surface area contributed by atoms with Crippen LogP contribution in [0.15, 0.2) is 29.3 Å². The van der Waals surface area contributed by atoms with Gasteiger partial charge in [-0.3, -0.25) is 14.7 Å². The van der Waals surface area contributed by atoms with Crippen molar-refractivity contribution < 1.29 is 14.0 Å². The molecule has 3 N–H and O–H groups in total. The lowest BCUT2D eigenvalue weighted by molar-refractivity contribution is -0.130. The van der Waals surface area contributed by atoms with Gasteiger partial charge in [0.15, 0.2) is 5.96 Å². The van der Waals surface area contributed by atoms with E-state index in [2.05, 4.69) is 20.9 Å². The molecule has 1 unspecified atom stereocenters. The van der Waals surface area contributed by atoms with Crippen molar-refractivity contribution in [3.8, 4) is 0 Å². The number of carbonyl (C=O) groups excluding carboxylic acids is 2. The van der Waals surface area contributed by atoms with E-state index in [0.717, 1.165) is 5.56 Å². The van der Waals surface area contributed by atoms with Gasteiger partial charge in [-0.2, -0.15) is 0 Å². The molecule has 1 atom stereocenters. The van der Waals surface area contributed by atoms with Crippen LogP contribution >= 0.6 is 0 Å². The SMILES string of the molecule is CCC1(C)NC(=O)N(CCCNC(=NC)NCC(C)(C)c2cccc(F)c2)C1=O. The standard InChI is InChI=1S/C21H32FN5O2/c1-6-21(4)17(28)27(19(29)26-21)12-8-11-24-18(23-5)25-14-20(2,3)15-9-7-10-16(22)13-15/h7,9-10,13H,6,8,11-12,14H2,1-5H3,(H,26,29)(H2,23,24,25). The molecule has 0 aliphatic carbocycles. The number of amides is 3. The summed E-state index contributed by atoms with van der Waals surface area (Å²) in [6.07, 6.45) is 1.16. The summed E-state index contributed by atoms with van der Waals surface area (Å²) in [4.78, 5) is 29.9. The molecule has 2 rings (SSSR count). The third-order valence-corrected chi connectivity index (χ3v) is 5.43. The summed E-state index contributed by atoms with van der Waals surface area (Å²) in [6.45, 7) is 9.16. The monoisotopic (exact) mass is 405 g/mol. The molecular weight excluding hydrogens is 373 g/mol. The number of hydrogen-bond donors (Lipinski definition) is 3. The van der Waals surface area contributed by atoms with Gasteiger partial charge in [0.05, 0.1) is 0 Å². The molecule has 3 amide bonds. The number of aliphatic imine (C=N–C) groups is 1. The molecule has 1 aliphatic rings. The van der Waals surface area contributed by atoms with Crippen LogP contribution in [0.1, 0.15) is 46.1 Å². The fourth-order valence-electron chi connectivity index (χ4n) is 3.17. The Morgan fingerprint density at radius 1 is 1.31 bits per heavy atom. The van der Waals surface area contributed by atoms with Gasteiger partial charge in [-0.05, 0) is 37.5 Å². The first kappa shape index (κ1) is 22.6. The van der Waals surface area contributed by atoms with E-state index in [1.165, 1.54) is 11.0 Å². The molecule has 0 radical (unpaired) electrons. The van der Waals surface area contributed by atoms with E-state index in [-0.39, 0.29) is 23.2 Å². The van der Waals surface area contributed by atoms with Gasteiger partial charge in [-0.1, -0.05) is 32.9 Å². The normalized spacial score (nSPS) is 20.1. The number of benzene rings is 1. The zero-order valence-electron chi connectivity index (χ0n) is 17.9. The first-order valence-corrected chi connectivity index (χ1v) is 9.97. The van der Waals surface area contributed by atoms with Gasteiger partial charge in [-0.25, -0.2) is 9.18 Å². The second-order valence-corrected chi connectivity index (χ2v) is 8.17. The second-order valence-electron chi connectivity index (χ2n) is 8.17. The van der Waals surface area contributed by atoms with Crippen LogP contribution in [-0.2, 0) is 10.2 Å². The van der Waals surface area contributed by atoms with Gasteiger partial charge in [0, 0.05) is 32.1 Å². The topological polar surface area (TPSA) is 85.8 Å². The summed E-state index contributed by atoms with van der Waals surface area (Å²) < 4.78 is 13.5. The number of halogens is 1. The summed E-state index contributed by atoms with van der Waals surface area (Å²) >= 11 is 0. The van der Waals surface area contributed by atoms with E-state index >= 15 is 0 Å². The Morgan fingerprint density at radius 2 is 2.03 bits per heavy atom. The van der Waals surface area contributed by atoms with E-state index in [0.29, 0.717) is 38.4 Å². The third-order valence-electron chi connectivity index (χ3n) is 5.43. The number of imide groups is 1. The van der Waals surface area contributed by atoms with E-state index in [1.54, 1.807) is 26.1 Å². The summed E-state index contributed by atoms with van der Waals surface area (Å²) in [5.41, 5.74) is -0.187. The van der Waals surface area contributed by atoms with Crippen LogP contribution in [0.4, 0.5) is 9.18 Å². The lowest BCUT2D eigenvalue weighted by atomic mass is 9.84. The average molecular weight is 406 g/mol. The van der Waals surface area contributed by atoms with Crippen LogP contribution < -0.4 is 16.0 Å². The maximum Gasteiger partial charge on any atom is 0.325 e. The molecule has 0 aromatic heterocycles. The van der Waals surface area contributed by atoms with E-state index in [4.69, 9.17) is 0 Å². The van der Waals surface area contributed by atoms with Crippen LogP contribution in [0, 0.1) is 5.82 Å². The fraction of sp³-hybridized carbons (Fsp3) is 0.571. The zero-order valence-corrected chi connectivity index (χ0v) is 17.9.